The lowest BCUT2D eigenvalue weighted by Gasteiger charge is -2.30. The predicted molar refractivity (Wildman–Crippen MR) is 106 cm³/mol. The van der Waals surface area contributed by atoms with Crippen molar-refractivity contribution in [2.75, 3.05) is 12.0 Å². The molecule has 29 heavy (non-hydrogen) atoms. The molecule has 0 atom stereocenters. The molecule has 10 heteroatoms. The monoisotopic (exact) mass is 412 g/mol. The van der Waals surface area contributed by atoms with E-state index in [2.05, 4.69) is 5.32 Å². The molecule has 0 unspecified atom stereocenters. The first kappa shape index (κ1) is 20.0. The average Bonchev–Trinajstić information content (AvgIpc) is 2.67. The number of thiocarbonyl (C=S) groups is 1. The minimum atomic E-state index is -0.901. The highest BCUT2D eigenvalue weighted by molar-refractivity contribution is 7.80. The van der Waals surface area contributed by atoms with E-state index in [0.717, 1.165) is 17.7 Å². The molecule has 0 radical (unpaired) electrons. The molecule has 1 aliphatic heterocycles. The summed E-state index contributed by atoms with van der Waals surface area (Å²) in [6, 6.07) is 9.17. The molecule has 1 aliphatic rings. The summed E-state index contributed by atoms with van der Waals surface area (Å²) in [4.78, 5) is 36.9. The Morgan fingerprint density at radius 3 is 2.55 bits per heavy atom. The second-order valence-corrected chi connectivity index (χ2v) is 6.46. The molecule has 0 bridgehead atoms. The molecule has 2 amide bonds. The summed E-state index contributed by atoms with van der Waals surface area (Å²) in [6.45, 7) is 1.78. The van der Waals surface area contributed by atoms with Gasteiger partial charge in [-0.05, 0) is 48.5 Å². The number of aryl methyl sites for hydroxylation is 1. The minimum Gasteiger partial charge on any atom is -0.865 e. The number of anilines is 1. The highest BCUT2D eigenvalue weighted by Crippen LogP contribution is 2.35. The number of hydrogen-bond acceptors (Lipinski definition) is 7. The van der Waals surface area contributed by atoms with Crippen molar-refractivity contribution in [3.63, 3.8) is 0 Å². The van der Waals surface area contributed by atoms with E-state index < -0.39 is 28.2 Å². The van der Waals surface area contributed by atoms with Crippen LogP contribution in [0.4, 0.5) is 11.4 Å². The van der Waals surface area contributed by atoms with E-state index in [1.54, 1.807) is 31.2 Å². The number of para-hydroxylation sites is 1. The molecule has 1 N–H and O–H groups in total. The van der Waals surface area contributed by atoms with Gasteiger partial charge in [0.2, 0.25) is 0 Å². The van der Waals surface area contributed by atoms with Crippen LogP contribution in [-0.2, 0) is 9.59 Å². The number of benzene rings is 2. The fourth-order valence-corrected chi connectivity index (χ4v) is 3.11. The van der Waals surface area contributed by atoms with Crippen LogP contribution in [0.2, 0.25) is 0 Å². The smallest absolute Gasteiger partial charge is 0.270 e. The van der Waals surface area contributed by atoms with E-state index in [4.69, 9.17) is 17.0 Å². The molecule has 0 aliphatic carbocycles. The van der Waals surface area contributed by atoms with E-state index in [-0.39, 0.29) is 22.0 Å². The lowest BCUT2D eigenvalue weighted by Crippen LogP contribution is -2.54. The molecular formula is C19H14N3O6S-. The summed E-state index contributed by atoms with van der Waals surface area (Å²) in [5.41, 5.74) is 0.311. The Bertz CT molecular complexity index is 1100. The van der Waals surface area contributed by atoms with Gasteiger partial charge in [0.1, 0.15) is 11.3 Å². The van der Waals surface area contributed by atoms with Gasteiger partial charge in [0.25, 0.3) is 17.5 Å². The van der Waals surface area contributed by atoms with Gasteiger partial charge < -0.3 is 9.84 Å². The van der Waals surface area contributed by atoms with Crippen LogP contribution in [0.1, 0.15) is 11.1 Å². The Balaban J connectivity index is 2.11. The van der Waals surface area contributed by atoms with Crippen LogP contribution in [0.3, 0.4) is 0 Å². The second-order valence-electron chi connectivity index (χ2n) is 6.07. The topological polar surface area (TPSA) is 125 Å². The van der Waals surface area contributed by atoms with Gasteiger partial charge >= 0.3 is 0 Å². The fraction of sp³-hybridized carbons (Fsp3) is 0.105. The summed E-state index contributed by atoms with van der Waals surface area (Å²) >= 11 is 5.15. The van der Waals surface area contributed by atoms with Crippen molar-refractivity contribution in [1.82, 2.24) is 5.32 Å². The number of carbonyl (C=O) groups excluding carboxylic acids is 2. The Kier molecular flexibility index (Phi) is 5.29. The van der Waals surface area contributed by atoms with Crippen molar-refractivity contribution in [3.8, 4) is 11.5 Å². The maximum absolute atomic E-state index is 13.0. The van der Waals surface area contributed by atoms with Gasteiger partial charge in [-0.2, -0.15) is 0 Å². The van der Waals surface area contributed by atoms with E-state index in [1.165, 1.54) is 18.1 Å². The Hall–Kier alpha value is -3.79. The van der Waals surface area contributed by atoms with Crippen LogP contribution in [0.15, 0.2) is 42.0 Å². The molecular weight excluding hydrogens is 398 g/mol. The van der Waals surface area contributed by atoms with E-state index in [9.17, 15) is 24.8 Å². The number of ether oxygens (including phenoxy) is 1. The molecule has 3 rings (SSSR count). The fourth-order valence-electron chi connectivity index (χ4n) is 2.84. The first-order valence-corrected chi connectivity index (χ1v) is 8.66. The minimum absolute atomic E-state index is 0.0788. The quantitative estimate of drug-likeness (QED) is 0.267. The molecule has 1 fully saturated rings. The van der Waals surface area contributed by atoms with Crippen LogP contribution < -0.4 is 20.1 Å². The van der Waals surface area contributed by atoms with Crippen molar-refractivity contribution in [2.24, 2.45) is 0 Å². The molecule has 1 saturated heterocycles. The van der Waals surface area contributed by atoms with Crippen molar-refractivity contribution in [2.45, 2.75) is 6.92 Å². The Morgan fingerprint density at radius 1 is 1.24 bits per heavy atom. The number of hydrogen-bond donors (Lipinski definition) is 1. The highest BCUT2D eigenvalue weighted by Gasteiger charge is 2.35. The van der Waals surface area contributed by atoms with Gasteiger partial charge in [-0.3, -0.25) is 29.9 Å². The van der Waals surface area contributed by atoms with Gasteiger partial charge in [-0.25, -0.2) is 0 Å². The maximum Gasteiger partial charge on any atom is 0.270 e. The first-order chi connectivity index (χ1) is 13.7. The lowest BCUT2D eigenvalue weighted by molar-refractivity contribution is -0.398. The SMILES string of the molecule is COc1cc(/C=C2\C(=O)NC(=S)N(c3ccccc3C)C2=O)cc([N+](=O)[O-])c1[O-]. The molecule has 2 aromatic rings. The van der Waals surface area contributed by atoms with Crippen molar-refractivity contribution < 1.29 is 24.4 Å². The van der Waals surface area contributed by atoms with Crippen LogP contribution in [0, 0.1) is 17.0 Å². The van der Waals surface area contributed by atoms with Crippen molar-refractivity contribution in [3.05, 3.63) is 63.2 Å². The number of nitrogens with zero attached hydrogens (tertiary/aromatic N) is 2. The third-order valence-corrected chi connectivity index (χ3v) is 4.53. The van der Waals surface area contributed by atoms with Crippen LogP contribution in [0.25, 0.3) is 6.08 Å². The van der Waals surface area contributed by atoms with Gasteiger partial charge in [0.15, 0.2) is 5.11 Å². The van der Waals surface area contributed by atoms with Crippen molar-refractivity contribution in [1.29, 1.82) is 0 Å². The molecule has 148 valence electrons. The standard InChI is InChI=1S/C19H15N3O6S/c1-10-5-3-4-6-13(10)21-18(25)12(17(24)20-19(21)29)7-11-8-14(22(26)27)16(23)15(9-11)28-2/h3-9,23H,1-2H3,(H,20,24,29)/p-1/b12-7+. The molecule has 2 aromatic carbocycles. The summed E-state index contributed by atoms with van der Waals surface area (Å²) in [5.74, 6) is -2.62. The number of rotatable bonds is 4. The van der Waals surface area contributed by atoms with Gasteiger partial charge in [0, 0.05) is 11.8 Å². The maximum atomic E-state index is 13.0. The number of nitro benzene ring substituents is 1. The van der Waals surface area contributed by atoms with E-state index >= 15 is 0 Å². The summed E-state index contributed by atoms with van der Waals surface area (Å²) < 4.78 is 4.88. The van der Waals surface area contributed by atoms with Crippen LogP contribution in [0.5, 0.6) is 11.5 Å². The predicted octanol–water partition coefficient (Wildman–Crippen LogP) is 1.82. The second kappa shape index (κ2) is 7.68. The third kappa shape index (κ3) is 3.65. The number of carbonyl (C=O) groups is 2. The zero-order chi connectivity index (χ0) is 21.3. The van der Waals surface area contributed by atoms with E-state index in [0.29, 0.717) is 5.69 Å². The van der Waals surface area contributed by atoms with Gasteiger partial charge in [-0.1, -0.05) is 18.2 Å². The average molecular weight is 412 g/mol. The van der Waals surface area contributed by atoms with E-state index in [1.807, 2.05) is 0 Å². The number of nitrogens with one attached hydrogen (secondary N) is 1. The molecule has 0 aromatic heterocycles. The van der Waals surface area contributed by atoms with Gasteiger partial charge in [0.05, 0.1) is 17.7 Å². The highest BCUT2D eigenvalue weighted by atomic mass is 32.1. The summed E-state index contributed by atoms with van der Waals surface area (Å²) in [7, 11) is 1.19. The molecule has 1 heterocycles. The number of nitro groups is 1. The van der Waals surface area contributed by atoms with Gasteiger partial charge in [-0.15, -0.1) is 0 Å². The van der Waals surface area contributed by atoms with Crippen molar-refractivity contribution >= 4 is 46.6 Å². The molecule has 9 nitrogen and oxygen atoms in total. The van der Waals surface area contributed by atoms with Crippen LogP contribution in [-0.4, -0.2) is 29.0 Å². The van der Waals surface area contributed by atoms with Crippen LogP contribution >= 0.6 is 12.2 Å². The Morgan fingerprint density at radius 2 is 1.93 bits per heavy atom. The normalized spacial score (nSPS) is 15.4. The largest absolute Gasteiger partial charge is 0.865 e. The molecule has 0 saturated carbocycles. The zero-order valence-corrected chi connectivity index (χ0v) is 16.1. The first-order valence-electron chi connectivity index (χ1n) is 8.25. The number of methoxy groups -OCH3 is 1. The molecule has 0 spiro atoms. The third-order valence-electron chi connectivity index (χ3n) is 4.24. The Labute approximate surface area is 170 Å². The zero-order valence-electron chi connectivity index (χ0n) is 15.3. The number of amides is 2. The summed E-state index contributed by atoms with van der Waals surface area (Å²) in [6.07, 6.45) is 1.15. The summed E-state index contributed by atoms with van der Waals surface area (Å²) in [5, 5.41) is 25.5. The lowest BCUT2D eigenvalue weighted by atomic mass is 10.0.